The van der Waals surface area contributed by atoms with Crippen LogP contribution in [-0.2, 0) is 0 Å². The molecule has 0 atom stereocenters. The summed E-state index contributed by atoms with van der Waals surface area (Å²) in [5.74, 6) is 0.922. The second kappa shape index (κ2) is 9.94. The summed E-state index contributed by atoms with van der Waals surface area (Å²) in [7, 11) is 0. The Morgan fingerprint density at radius 3 is 2.21 bits per heavy atom. The van der Waals surface area contributed by atoms with Gasteiger partial charge in [-0.05, 0) is 55.0 Å². The van der Waals surface area contributed by atoms with E-state index >= 15 is 0 Å². The van der Waals surface area contributed by atoms with Gasteiger partial charge in [0.25, 0.3) is 0 Å². The number of pyridine rings is 1. The number of benzene rings is 2. The van der Waals surface area contributed by atoms with Crippen molar-refractivity contribution in [1.29, 1.82) is 0 Å². The van der Waals surface area contributed by atoms with Crippen molar-refractivity contribution in [3.8, 4) is 5.75 Å². The van der Waals surface area contributed by atoms with Gasteiger partial charge in [0, 0.05) is 62.2 Å². The van der Waals surface area contributed by atoms with Gasteiger partial charge in [-0.1, -0.05) is 18.2 Å². The Hall–Kier alpha value is -3.05. The maximum Gasteiger partial charge on any atom is 0.119 e. The number of para-hydroxylation sites is 1. The van der Waals surface area contributed by atoms with E-state index in [2.05, 4.69) is 56.5 Å². The zero-order chi connectivity index (χ0) is 19.7. The fourth-order valence-corrected chi connectivity index (χ4v) is 3.59. The van der Waals surface area contributed by atoms with E-state index in [4.69, 9.17) is 4.74 Å². The molecule has 0 spiro atoms. The molecule has 0 unspecified atom stereocenters. The molecule has 0 bridgehead atoms. The first-order chi connectivity index (χ1) is 14.4. The van der Waals surface area contributed by atoms with E-state index in [1.807, 2.05) is 42.7 Å². The van der Waals surface area contributed by atoms with Crippen molar-refractivity contribution in [2.45, 2.75) is 6.42 Å². The summed E-state index contributed by atoms with van der Waals surface area (Å²) in [5.41, 5.74) is 3.42. The minimum Gasteiger partial charge on any atom is -0.494 e. The van der Waals surface area contributed by atoms with Crippen molar-refractivity contribution in [3.05, 3.63) is 79.1 Å². The Balaban J connectivity index is 1.14. The monoisotopic (exact) mass is 388 g/mol. The molecule has 0 aliphatic carbocycles. The van der Waals surface area contributed by atoms with E-state index in [-0.39, 0.29) is 0 Å². The van der Waals surface area contributed by atoms with Gasteiger partial charge >= 0.3 is 0 Å². The molecule has 2 heterocycles. The zero-order valence-corrected chi connectivity index (χ0v) is 16.7. The number of hydrogen-bond donors (Lipinski definition) is 1. The van der Waals surface area contributed by atoms with Crippen LogP contribution in [0, 0.1) is 0 Å². The second-order valence-electron chi connectivity index (χ2n) is 7.25. The molecular weight excluding hydrogens is 360 g/mol. The Morgan fingerprint density at radius 2 is 1.48 bits per heavy atom. The van der Waals surface area contributed by atoms with Crippen molar-refractivity contribution < 1.29 is 4.74 Å². The molecule has 1 aromatic heterocycles. The average Bonchev–Trinajstić information content (AvgIpc) is 2.79. The Bertz CT molecular complexity index is 847. The Morgan fingerprint density at radius 1 is 0.793 bits per heavy atom. The van der Waals surface area contributed by atoms with E-state index < -0.39 is 0 Å². The van der Waals surface area contributed by atoms with Gasteiger partial charge in [-0.3, -0.25) is 9.88 Å². The molecule has 0 saturated carbocycles. The number of nitrogens with zero attached hydrogens (tertiary/aromatic N) is 3. The molecule has 3 aromatic rings. The standard InChI is InChI=1S/C24H28N4O/c1-2-5-21(6-3-1)26-22-7-9-24(10-8-22)29-20-4-15-27-16-18-28(19-17-27)23-11-13-25-14-12-23/h1-3,5-14,26H,4,15-20H2. The lowest BCUT2D eigenvalue weighted by Gasteiger charge is -2.36. The molecule has 5 nitrogen and oxygen atoms in total. The zero-order valence-electron chi connectivity index (χ0n) is 16.7. The molecule has 2 aromatic carbocycles. The van der Waals surface area contributed by atoms with Gasteiger partial charge in [0.1, 0.15) is 5.75 Å². The fraction of sp³-hybridized carbons (Fsp3) is 0.292. The van der Waals surface area contributed by atoms with Gasteiger partial charge < -0.3 is 15.0 Å². The van der Waals surface area contributed by atoms with Crippen LogP contribution in [0.2, 0.25) is 0 Å². The van der Waals surface area contributed by atoms with Gasteiger partial charge in [0.2, 0.25) is 0 Å². The molecule has 0 radical (unpaired) electrons. The molecule has 1 saturated heterocycles. The summed E-state index contributed by atoms with van der Waals surface area (Å²) in [4.78, 5) is 9.05. The first kappa shape index (κ1) is 19.3. The smallest absolute Gasteiger partial charge is 0.119 e. The lowest BCUT2D eigenvalue weighted by atomic mass is 10.2. The van der Waals surface area contributed by atoms with E-state index in [1.54, 1.807) is 0 Å². The van der Waals surface area contributed by atoms with Gasteiger partial charge in [-0.2, -0.15) is 0 Å². The first-order valence-electron chi connectivity index (χ1n) is 10.3. The van der Waals surface area contributed by atoms with Crippen molar-refractivity contribution in [3.63, 3.8) is 0 Å². The van der Waals surface area contributed by atoms with Crippen LogP contribution in [0.25, 0.3) is 0 Å². The fourth-order valence-electron chi connectivity index (χ4n) is 3.59. The van der Waals surface area contributed by atoms with Gasteiger partial charge in [-0.25, -0.2) is 0 Å². The second-order valence-corrected chi connectivity index (χ2v) is 7.25. The third-order valence-corrected chi connectivity index (χ3v) is 5.20. The van der Waals surface area contributed by atoms with Crippen molar-refractivity contribution in [1.82, 2.24) is 9.88 Å². The third kappa shape index (κ3) is 5.72. The molecule has 150 valence electrons. The van der Waals surface area contributed by atoms with Crippen LogP contribution in [0.1, 0.15) is 6.42 Å². The lowest BCUT2D eigenvalue weighted by Crippen LogP contribution is -2.46. The van der Waals surface area contributed by atoms with Gasteiger partial charge in [-0.15, -0.1) is 0 Å². The number of hydrogen-bond acceptors (Lipinski definition) is 5. The van der Waals surface area contributed by atoms with Crippen LogP contribution in [0.15, 0.2) is 79.1 Å². The topological polar surface area (TPSA) is 40.6 Å². The SMILES string of the molecule is c1ccc(Nc2ccc(OCCCN3CCN(c4ccncc4)CC3)cc2)cc1. The third-order valence-electron chi connectivity index (χ3n) is 5.20. The predicted molar refractivity (Wildman–Crippen MR) is 119 cm³/mol. The van der Waals surface area contributed by atoms with E-state index in [9.17, 15) is 0 Å². The quantitative estimate of drug-likeness (QED) is 0.579. The minimum atomic E-state index is 0.746. The predicted octanol–water partition coefficient (Wildman–Crippen LogP) is 4.42. The largest absolute Gasteiger partial charge is 0.494 e. The summed E-state index contributed by atoms with van der Waals surface area (Å²) in [6.45, 7) is 6.17. The summed E-state index contributed by atoms with van der Waals surface area (Å²) >= 11 is 0. The lowest BCUT2D eigenvalue weighted by molar-refractivity contribution is 0.225. The Kier molecular flexibility index (Phi) is 6.60. The highest BCUT2D eigenvalue weighted by Gasteiger charge is 2.16. The summed E-state index contributed by atoms with van der Waals surface area (Å²) in [6, 6.07) is 22.5. The van der Waals surface area contributed by atoms with Gasteiger partial charge in [0.15, 0.2) is 0 Å². The van der Waals surface area contributed by atoms with Crippen LogP contribution in [-0.4, -0.2) is 49.2 Å². The number of ether oxygens (including phenoxy) is 1. The highest BCUT2D eigenvalue weighted by molar-refractivity contribution is 5.60. The number of aromatic nitrogens is 1. The Labute approximate surface area is 172 Å². The first-order valence-corrected chi connectivity index (χ1v) is 10.3. The van der Waals surface area contributed by atoms with Crippen LogP contribution in [0.3, 0.4) is 0 Å². The van der Waals surface area contributed by atoms with E-state index in [0.29, 0.717) is 0 Å². The van der Waals surface area contributed by atoms with Crippen LogP contribution in [0.4, 0.5) is 17.1 Å². The van der Waals surface area contributed by atoms with Crippen LogP contribution < -0.4 is 15.0 Å². The summed E-state index contributed by atoms with van der Waals surface area (Å²) < 4.78 is 5.92. The highest BCUT2D eigenvalue weighted by Crippen LogP contribution is 2.20. The molecule has 0 amide bonds. The minimum absolute atomic E-state index is 0.746. The maximum atomic E-state index is 5.92. The highest BCUT2D eigenvalue weighted by atomic mass is 16.5. The molecule has 1 aliphatic heterocycles. The molecule has 29 heavy (non-hydrogen) atoms. The number of piperazine rings is 1. The number of anilines is 3. The van der Waals surface area contributed by atoms with Crippen molar-refractivity contribution in [2.24, 2.45) is 0 Å². The molecule has 5 heteroatoms. The van der Waals surface area contributed by atoms with Gasteiger partial charge in [0.05, 0.1) is 6.61 Å². The van der Waals surface area contributed by atoms with Crippen LogP contribution >= 0.6 is 0 Å². The molecule has 1 aliphatic rings. The van der Waals surface area contributed by atoms with Crippen LogP contribution in [0.5, 0.6) is 5.75 Å². The van der Waals surface area contributed by atoms with Crippen molar-refractivity contribution >= 4 is 17.1 Å². The summed E-state index contributed by atoms with van der Waals surface area (Å²) in [6.07, 6.45) is 4.77. The van der Waals surface area contributed by atoms with Crippen molar-refractivity contribution in [2.75, 3.05) is 49.5 Å². The van der Waals surface area contributed by atoms with E-state index in [1.165, 1.54) is 5.69 Å². The molecular formula is C24H28N4O. The maximum absolute atomic E-state index is 5.92. The normalized spacial score (nSPS) is 14.6. The molecule has 1 fully saturated rings. The number of nitrogens with one attached hydrogen (secondary N) is 1. The molecule has 1 N–H and O–H groups in total. The van der Waals surface area contributed by atoms with E-state index in [0.717, 1.165) is 62.9 Å². The number of rotatable bonds is 8. The average molecular weight is 389 g/mol. The molecule has 4 rings (SSSR count). The summed E-state index contributed by atoms with van der Waals surface area (Å²) in [5, 5.41) is 3.39.